The van der Waals surface area contributed by atoms with Gasteiger partial charge >= 0.3 is 0 Å². The molecule has 0 radical (unpaired) electrons. The first-order valence-corrected chi connectivity index (χ1v) is 7.37. The molecule has 0 spiro atoms. The van der Waals surface area contributed by atoms with Gasteiger partial charge in [-0.15, -0.1) is 0 Å². The van der Waals surface area contributed by atoms with Crippen LogP contribution in [0.3, 0.4) is 0 Å². The van der Waals surface area contributed by atoms with E-state index >= 15 is 0 Å². The van der Waals surface area contributed by atoms with Crippen LogP contribution in [0, 0.1) is 0 Å². The molecule has 1 saturated heterocycles. The average molecular weight is 244 g/mol. The van der Waals surface area contributed by atoms with Gasteiger partial charge in [0.15, 0.2) is 0 Å². The van der Waals surface area contributed by atoms with Gasteiger partial charge in [0, 0.05) is 30.4 Å². The van der Waals surface area contributed by atoms with E-state index in [-0.39, 0.29) is 0 Å². The molecule has 1 saturated carbocycles. The Kier molecular flexibility index (Phi) is 3.29. The van der Waals surface area contributed by atoms with Gasteiger partial charge in [-0.1, -0.05) is 19.1 Å². The van der Waals surface area contributed by atoms with Crippen molar-refractivity contribution in [1.29, 1.82) is 0 Å². The maximum atomic E-state index is 3.72. The molecule has 1 aromatic carbocycles. The van der Waals surface area contributed by atoms with Crippen molar-refractivity contribution in [3.63, 3.8) is 0 Å². The molecule has 3 rings (SSSR count). The van der Waals surface area contributed by atoms with E-state index in [1.807, 2.05) is 0 Å². The first-order chi connectivity index (χ1) is 8.76. The van der Waals surface area contributed by atoms with Crippen molar-refractivity contribution >= 4 is 5.69 Å². The second-order valence-corrected chi connectivity index (χ2v) is 5.91. The van der Waals surface area contributed by atoms with Gasteiger partial charge in [-0.3, -0.25) is 4.90 Å². The third-order valence-electron chi connectivity index (χ3n) is 4.34. The van der Waals surface area contributed by atoms with Crippen LogP contribution in [0.15, 0.2) is 24.3 Å². The smallest absolute Gasteiger partial charge is 0.0403 e. The lowest BCUT2D eigenvalue weighted by Crippen LogP contribution is -2.31. The van der Waals surface area contributed by atoms with E-state index in [0.717, 1.165) is 18.5 Å². The molecule has 2 unspecified atom stereocenters. The van der Waals surface area contributed by atoms with Gasteiger partial charge in [0.2, 0.25) is 0 Å². The summed E-state index contributed by atoms with van der Waals surface area (Å²) in [5.41, 5.74) is 2.72. The third kappa shape index (κ3) is 2.54. The normalized spacial score (nSPS) is 28.6. The summed E-state index contributed by atoms with van der Waals surface area (Å²) in [6, 6.07) is 11.1. The quantitative estimate of drug-likeness (QED) is 0.874. The zero-order valence-electron chi connectivity index (χ0n) is 11.5. The number of likely N-dealkylation sites (tertiary alicyclic amines) is 1. The molecule has 2 fully saturated rings. The fourth-order valence-corrected chi connectivity index (χ4v) is 3.19. The molecule has 1 aromatic rings. The van der Waals surface area contributed by atoms with Crippen molar-refractivity contribution in [2.45, 2.75) is 57.7 Å². The number of benzene rings is 1. The van der Waals surface area contributed by atoms with Crippen LogP contribution >= 0.6 is 0 Å². The fraction of sp³-hybridized carbons (Fsp3) is 0.625. The monoisotopic (exact) mass is 244 g/mol. The molecule has 2 nitrogen and oxygen atoms in total. The highest BCUT2D eigenvalue weighted by atomic mass is 15.3. The Morgan fingerprint density at radius 3 is 2.89 bits per heavy atom. The summed E-state index contributed by atoms with van der Waals surface area (Å²) in [7, 11) is 0. The highest BCUT2D eigenvalue weighted by molar-refractivity contribution is 5.46. The SMILES string of the molecule is CCc1cccc(NC2CC(C)N(C3CC3)C2)c1. The molecular weight excluding hydrogens is 220 g/mol. The minimum Gasteiger partial charge on any atom is -0.381 e. The van der Waals surface area contributed by atoms with E-state index < -0.39 is 0 Å². The largest absolute Gasteiger partial charge is 0.381 e. The fourth-order valence-electron chi connectivity index (χ4n) is 3.19. The van der Waals surface area contributed by atoms with Crippen molar-refractivity contribution in [2.75, 3.05) is 11.9 Å². The molecule has 98 valence electrons. The van der Waals surface area contributed by atoms with Crippen molar-refractivity contribution in [2.24, 2.45) is 0 Å². The Bertz CT molecular complexity index is 411. The van der Waals surface area contributed by atoms with Crippen LogP contribution in [0.25, 0.3) is 0 Å². The molecule has 2 atom stereocenters. The van der Waals surface area contributed by atoms with Gasteiger partial charge in [-0.2, -0.15) is 0 Å². The first-order valence-electron chi connectivity index (χ1n) is 7.37. The summed E-state index contributed by atoms with van der Waals surface area (Å²) in [5, 5.41) is 3.72. The molecule has 2 aliphatic rings. The van der Waals surface area contributed by atoms with Crippen LogP contribution in [0.5, 0.6) is 0 Å². The van der Waals surface area contributed by atoms with Crippen molar-refractivity contribution in [1.82, 2.24) is 4.90 Å². The van der Waals surface area contributed by atoms with E-state index in [4.69, 9.17) is 0 Å². The molecule has 2 heteroatoms. The number of hydrogen-bond donors (Lipinski definition) is 1. The summed E-state index contributed by atoms with van der Waals surface area (Å²) in [5.74, 6) is 0. The number of rotatable bonds is 4. The van der Waals surface area contributed by atoms with Crippen LogP contribution in [-0.4, -0.2) is 29.6 Å². The summed E-state index contributed by atoms with van der Waals surface area (Å²) < 4.78 is 0. The minimum absolute atomic E-state index is 0.632. The van der Waals surface area contributed by atoms with Gasteiger partial charge in [0.05, 0.1) is 0 Å². The third-order valence-corrected chi connectivity index (χ3v) is 4.34. The molecule has 1 N–H and O–H groups in total. The van der Waals surface area contributed by atoms with Gasteiger partial charge in [-0.05, 0) is 50.3 Å². The van der Waals surface area contributed by atoms with E-state index in [9.17, 15) is 0 Å². The van der Waals surface area contributed by atoms with Gasteiger partial charge in [0.1, 0.15) is 0 Å². The average Bonchev–Trinajstić information content (AvgIpc) is 3.15. The molecular formula is C16H24N2. The Labute approximate surface area is 110 Å². The second kappa shape index (κ2) is 4.93. The summed E-state index contributed by atoms with van der Waals surface area (Å²) in [4.78, 5) is 2.70. The molecule has 0 bridgehead atoms. The molecule has 0 aromatic heterocycles. The van der Waals surface area contributed by atoms with E-state index in [1.54, 1.807) is 0 Å². The van der Waals surface area contributed by atoms with Gasteiger partial charge in [0.25, 0.3) is 0 Å². The zero-order chi connectivity index (χ0) is 12.5. The van der Waals surface area contributed by atoms with E-state index in [2.05, 4.69) is 48.3 Å². The molecule has 1 aliphatic heterocycles. The highest BCUT2D eigenvalue weighted by Gasteiger charge is 2.38. The van der Waals surface area contributed by atoms with Crippen LogP contribution in [-0.2, 0) is 6.42 Å². The van der Waals surface area contributed by atoms with Crippen molar-refractivity contribution in [3.8, 4) is 0 Å². The Morgan fingerprint density at radius 2 is 2.17 bits per heavy atom. The highest BCUT2D eigenvalue weighted by Crippen LogP contribution is 2.34. The molecule has 1 aliphatic carbocycles. The number of nitrogens with one attached hydrogen (secondary N) is 1. The molecule has 1 heterocycles. The first kappa shape index (κ1) is 12.0. The predicted molar refractivity (Wildman–Crippen MR) is 77.0 cm³/mol. The Morgan fingerprint density at radius 1 is 1.33 bits per heavy atom. The van der Waals surface area contributed by atoms with Crippen LogP contribution < -0.4 is 5.32 Å². The van der Waals surface area contributed by atoms with Gasteiger partial charge < -0.3 is 5.32 Å². The lowest BCUT2D eigenvalue weighted by molar-refractivity contribution is 0.257. The second-order valence-electron chi connectivity index (χ2n) is 5.91. The standard InChI is InChI=1S/C16H24N2/c1-3-13-5-4-6-14(10-13)17-15-9-12(2)18(11-15)16-7-8-16/h4-6,10,12,15-17H,3,7-9,11H2,1-2H3. The van der Waals surface area contributed by atoms with E-state index in [1.165, 1.54) is 37.1 Å². The zero-order valence-corrected chi connectivity index (χ0v) is 11.5. The number of anilines is 1. The Balaban J connectivity index is 1.62. The maximum Gasteiger partial charge on any atom is 0.0403 e. The van der Waals surface area contributed by atoms with Crippen molar-refractivity contribution < 1.29 is 0 Å². The van der Waals surface area contributed by atoms with Crippen LogP contribution in [0.2, 0.25) is 0 Å². The number of nitrogens with zero attached hydrogens (tertiary/aromatic N) is 1. The Hall–Kier alpha value is -1.02. The summed E-state index contributed by atoms with van der Waals surface area (Å²) >= 11 is 0. The lowest BCUT2D eigenvalue weighted by Gasteiger charge is -2.20. The lowest BCUT2D eigenvalue weighted by atomic mass is 10.1. The van der Waals surface area contributed by atoms with Gasteiger partial charge in [-0.25, -0.2) is 0 Å². The molecule has 18 heavy (non-hydrogen) atoms. The summed E-state index contributed by atoms with van der Waals surface area (Å²) in [6.07, 6.45) is 5.24. The van der Waals surface area contributed by atoms with Crippen LogP contribution in [0.4, 0.5) is 5.69 Å². The molecule has 0 amide bonds. The maximum absolute atomic E-state index is 3.72. The van der Waals surface area contributed by atoms with Crippen LogP contribution in [0.1, 0.15) is 38.7 Å². The number of aryl methyl sites for hydroxylation is 1. The summed E-state index contributed by atoms with van der Waals surface area (Å²) in [6.45, 7) is 5.82. The predicted octanol–water partition coefficient (Wildman–Crippen LogP) is 3.29. The van der Waals surface area contributed by atoms with Crippen molar-refractivity contribution in [3.05, 3.63) is 29.8 Å². The topological polar surface area (TPSA) is 15.3 Å². The minimum atomic E-state index is 0.632. The van der Waals surface area contributed by atoms with E-state index in [0.29, 0.717) is 6.04 Å². The number of hydrogen-bond acceptors (Lipinski definition) is 2.